The molecule has 3 rings (SSSR count). The minimum absolute atomic E-state index is 0.0883. The Balaban J connectivity index is 1.97. The zero-order valence-electron chi connectivity index (χ0n) is 12.7. The summed E-state index contributed by atoms with van der Waals surface area (Å²) in [6.45, 7) is 5.20. The molecule has 2 unspecified atom stereocenters. The maximum absolute atomic E-state index is 6.35. The average Bonchev–Trinajstić information content (AvgIpc) is 3.22. The Morgan fingerprint density at radius 2 is 2.14 bits per heavy atom. The van der Waals surface area contributed by atoms with E-state index in [1.807, 2.05) is 19.1 Å². The molecule has 1 heterocycles. The first-order chi connectivity index (χ1) is 9.97. The monoisotopic (exact) mass is 369 g/mol. The van der Waals surface area contributed by atoms with Crippen LogP contribution in [-0.2, 0) is 6.54 Å². The topological polar surface area (TPSA) is 21.1 Å². The number of fused-ring (bicyclic) bond motifs is 1. The number of hydrogen-bond donors (Lipinski definition) is 0. The highest BCUT2D eigenvalue weighted by Gasteiger charge is 2.30. The minimum atomic E-state index is -0.0883. The van der Waals surface area contributed by atoms with Crippen LogP contribution in [0.4, 0.5) is 0 Å². The van der Waals surface area contributed by atoms with Crippen LogP contribution in [0.5, 0.6) is 0 Å². The number of hydrogen-bond acceptors (Lipinski definition) is 2. The highest BCUT2D eigenvalue weighted by atomic mass is 79.9. The van der Waals surface area contributed by atoms with Crippen LogP contribution in [-0.4, -0.2) is 33.6 Å². The lowest BCUT2D eigenvalue weighted by atomic mass is 10.2. The van der Waals surface area contributed by atoms with Crippen molar-refractivity contribution in [1.29, 1.82) is 0 Å². The van der Waals surface area contributed by atoms with Crippen LogP contribution in [0.25, 0.3) is 11.0 Å². The molecule has 0 N–H and O–H groups in total. The fourth-order valence-corrected chi connectivity index (χ4v) is 3.36. The fraction of sp³-hybridized carbons (Fsp3) is 0.562. The van der Waals surface area contributed by atoms with Crippen LogP contribution in [0, 0.1) is 0 Å². The predicted octanol–water partition coefficient (Wildman–Crippen LogP) is 4.58. The van der Waals surface area contributed by atoms with E-state index >= 15 is 0 Å². The van der Waals surface area contributed by atoms with Gasteiger partial charge in [-0.05, 0) is 51.9 Å². The maximum Gasteiger partial charge on any atom is 0.127 e. The number of alkyl halides is 1. The number of aromatic nitrogens is 2. The molecule has 0 amide bonds. The van der Waals surface area contributed by atoms with Gasteiger partial charge in [0.1, 0.15) is 5.82 Å². The highest BCUT2D eigenvalue weighted by molar-refractivity contribution is 9.10. The van der Waals surface area contributed by atoms with Crippen LogP contribution in [0.15, 0.2) is 22.7 Å². The maximum atomic E-state index is 6.35. The Morgan fingerprint density at radius 3 is 2.76 bits per heavy atom. The number of likely N-dealkylation sites (N-methyl/N-ethyl adjacent to an activating group) is 1. The molecule has 3 nitrogen and oxygen atoms in total. The van der Waals surface area contributed by atoms with Gasteiger partial charge in [-0.15, -0.1) is 11.6 Å². The largest absolute Gasteiger partial charge is 0.325 e. The zero-order valence-corrected chi connectivity index (χ0v) is 15.0. The molecule has 1 aliphatic rings. The van der Waals surface area contributed by atoms with E-state index in [0.717, 1.165) is 33.9 Å². The third-order valence-corrected chi connectivity index (χ3v) is 5.05. The Morgan fingerprint density at radius 1 is 1.43 bits per heavy atom. The summed E-state index contributed by atoms with van der Waals surface area (Å²) in [4.78, 5) is 7.20. The van der Waals surface area contributed by atoms with Gasteiger partial charge in [-0.3, -0.25) is 4.90 Å². The van der Waals surface area contributed by atoms with Crippen molar-refractivity contribution in [2.75, 3.05) is 7.05 Å². The van der Waals surface area contributed by atoms with Crippen molar-refractivity contribution in [3.8, 4) is 0 Å². The summed E-state index contributed by atoms with van der Waals surface area (Å²) in [6.07, 6.45) is 2.66. The molecule has 1 aromatic carbocycles. The highest BCUT2D eigenvalue weighted by Crippen LogP contribution is 2.30. The Bertz CT molecular complexity index is 648. The van der Waals surface area contributed by atoms with Gasteiger partial charge in [0.2, 0.25) is 0 Å². The van der Waals surface area contributed by atoms with E-state index in [9.17, 15) is 0 Å². The van der Waals surface area contributed by atoms with Gasteiger partial charge in [0, 0.05) is 23.1 Å². The van der Waals surface area contributed by atoms with E-state index in [1.54, 1.807) is 0 Å². The molecule has 2 atom stereocenters. The van der Waals surface area contributed by atoms with E-state index in [-0.39, 0.29) is 5.38 Å². The lowest BCUT2D eigenvalue weighted by Crippen LogP contribution is -2.34. The van der Waals surface area contributed by atoms with Crippen LogP contribution < -0.4 is 0 Å². The predicted molar refractivity (Wildman–Crippen MR) is 91.9 cm³/mol. The Hall–Kier alpha value is -0.580. The molecule has 21 heavy (non-hydrogen) atoms. The molecule has 1 saturated carbocycles. The molecule has 0 aliphatic heterocycles. The van der Waals surface area contributed by atoms with Crippen LogP contribution in [0.3, 0.4) is 0 Å². The third kappa shape index (κ3) is 3.13. The molecule has 114 valence electrons. The number of rotatable bonds is 5. The number of halogens is 2. The second-order valence-electron chi connectivity index (χ2n) is 6.08. The van der Waals surface area contributed by atoms with Gasteiger partial charge in [-0.25, -0.2) is 4.98 Å². The zero-order chi connectivity index (χ0) is 15.1. The summed E-state index contributed by atoms with van der Waals surface area (Å²) in [5.74, 6) is 0.959. The number of benzene rings is 1. The van der Waals surface area contributed by atoms with Gasteiger partial charge in [-0.2, -0.15) is 0 Å². The first-order valence-electron chi connectivity index (χ1n) is 7.49. The molecule has 0 spiro atoms. The molecule has 0 bridgehead atoms. The molecule has 1 aliphatic carbocycles. The van der Waals surface area contributed by atoms with E-state index < -0.39 is 0 Å². The first kappa shape index (κ1) is 15.3. The van der Waals surface area contributed by atoms with Gasteiger partial charge in [0.05, 0.1) is 16.4 Å². The summed E-state index contributed by atoms with van der Waals surface area (Å²) < 4.78 is 3.36. The third-order valence-electron chi connectivity index (χ3n) is 4.36. The molecular weight excluding hydrogens is 350 g/mol. The molecule has 0 radical (unpaired) electrons. The fourth-order valence-electron chi connectivity index (χ4n) is 2.84. The molecule has 2 aromatic rings. The molecule has 0 saturated heterocycles. The van der Waals surface area contributed by atoms with Crippen molar-refractivity contribution in [2.45, 2.75) is 50.7 Å². The molecule has 1 fully saturated rings. The lowest BCUT2D eigenvalue weighted by molar-refractivity contribution is 0.226. The minimum Gasteiger partial charge on any atom is -0.325 e. The average molecular weight is 371 g/mol. The van der Waals surface area contributed by atoms with E-state index in [2.05, 4.69) is 45.4 Å². The summed E-state index contributed by atoms with van der Waals surface area (Å²) in [7, 11) is 2.22. The van der Waals surface area contributed by atoms with Crippen LogP contribution in [0.2, 0.25) is 0 Å². The summed E-state index contributed by atoms with van der Waals surface area (Å²) in [6, 6.07) is 7.45. The number of imidazole rings is 1. The Labute approximate surface area is 139 Å². The van der Waals surface area contributed by atoms with Crippen LogP contribution >= 0.6 is 27.5 Å². The van der Waals surface area contributed by atoms with Gasteiger partial charge in [0.15, 0.2) is 0 Å². The van der Waals surface area contributed by atoms with Gasteiger partial charge in [-0.1, -0.05) is 15.9 Å². The Kier molecular flexibility index (Phi) is 4.30. The SMILES string of the molecule is CC(Cl)c1nc2ccc(Br)cc2n1CC(C)N(C)C1CC1. The van der Waals surface area contributed by atoms with Crippen molar-refractivity contribution in [3.05, 3.63) is 28.5 Å². The van der Waals surface area contributed by atoms with E-state index in [0.29, 0.717) is 6.04 Å². The van der Waals surface area contributed by atoms with Crippen molar-refractivity contribution < 1.29 is 0 Å². The molecule has 1 aromatic heterocycles. The standard InChI is InChI=1S/C16H21BrClN3/c1-10(20(3)13-5-6-13)9-21-15-8-12(17)4-7-14(15)19-16(21)11(2)18/h4,7-8,10-11,13H,5-6,9H2,1-3H3. The molecule has 5 heteroatoms. The quantitative estimate of drug-likeness (QED) is 0.718. The van der Waals surface area contributed by atoms with Crippen molar-refractivity contribution >= 4 is 38.6 Å². The normalized spacial score (nSPS) is 18.4. The smallest absolute Gasteiger partial charge is 0.127 e. The summed E-state index contributed by atoms with van der Waals surface area (Å²) >= 11 is 9.91. The number of nitrogens with zero attached hydrogens (tertiary/aromatic N) is 3. The summed E-state index contributed by atoms with van der Waals surface area (Å²) in [5.41, 5.74) is 2.17. The summed E-state index contributed by atoms with van der Waals surface area (Å²) in [5, 5.41) is -0.0883. The van der Waals surface area contributed by atoms with Gasteiger partial charge >= 0.3 is 0 Å². The molecular formula is C16H21BrClN3. The van der Waals surface area contributed by atoms with Crippen molar-refractivity contribution in [2.24, 2.45) is 0 Å². The lowest BCUT2D eigenvalue weighted by Gasteiger charge is -2.26. The van der Waals surface area contributed by atoms with Crippen molar-refractivity contribution in [3.63, 3.8) is 0 Å². The van der Waals surface area contributed by atoms with E-state index in [4.69, 9.17) is 16.6 Å². The van der Waals surface area contributed by atoms with Crippen LogP contribution in [0.1, 0.15) is 37.9 Å². The van der Waals surface area contributed by atoms with E-state index in [1.165, 1.54) is 12.8 Å². The van der Waals surface area contributed by atoms with Crippen molar-refractivity contribution in [1.82, 2.24) is 14.5 Å². The first-order valence-corrected chi connectivity index (χ1v) is 8.72. The second-order valence-corrected chi connectivity index (χ2v) is 7.65. The van der Waals surface area contributed by atoms with Gasteiger partial charge < -0.3 is 4.57 Å². The van der Waals surface area contributed by atoms with Gasteiger partial charge in [0.25, 0.3) is 0 Å². The second kappa shape index (κ2) is 5.90.